The van der Waals surface area contributed by atoms with Crippen molar-refractivity contribution in [1.82, 2.24) is 24.8 Å². The van der Waals surface area contributed by atoms with Gasteiger partial charge in [-0.2, -0.15) is 0 Å². The van der Waals surface area contributed by atoms with Crippen LogP contribution in [0.4, 0.5) is 8.78 Å². The monoisotopic (exact) mass is 343 g/mol. The van der Waals surface area contributed by atoms with E-state index in [2.05, 4.69) is 10.3 Å². The van der Waals surface area contributed by atoms with E-state index < -0.39 is 30.8 Å². The maximum Gasteiger partial charge on any atom is 0.276 e. The number of nitrogens with zero attached hydrogens (tertiary/aromatic N) is 5. The van der Waals surface area contributed by atoms with Gasteiger partial charge in [0.15, 0.2) is 5.69 Å². The molecule has 0 N–H and O–H groups in total. The Hall–Kier alpha value is -2.10. The molecular formula is C14H19F2N5O3. The highest BCUT2D eigenvalue weighted by Crippen LogP contribution is 2.32. The molecule has 0 radical (unpaired) electrons. The number of alkyl halides is 2. The summed E-state index contributed by atoms with van der Waals surface area (Å²) < 4.78 is 33.7. The molecule has 2 saturated heterocycles. The zero-order valence-electron chi connectivity index (χ0n) is 13.3. The Morgan fingerprint density at radius 3 is 2.75 bits per heavy atom. The first-order valence-corrected chi connectivity index (χ1v) is 7.78. The van der Waals surface area contributed by atoms with E-state index in [1.165, 1.54) is 17.8 Å². The number of carbonyl (C=O) groups is 2. The van der Waals surface area contributed by atoms with E-state index in [9.17, 15) is 18.4 Å². The average molecular weight is 343 g/mol. The summed E-state index contributed by atoms with van der Waals surface area (Å²) >= 11 is 0. The first kappa shape index (κ1) is 16.7. The predicted octanol–water partition coefficient (Wildman–Crippen LogP) is 0.00660. The fourth-order valence-electron chi connectivity index (χ4n) is 3.06. The van der Waals surface area contributed by atoms with Crippen molar-refractivity contribution in [2.45, 2.75) is 31.9 Å². The molecule has 0 saturated carbocycles. The summed E-state index contributed by atoms with van der Waals surface area (Å²) in [4.78, 5) is 26.6. The molecular weight excluding hydrogens is 324 g/mol. The second-order valence-electron chi connectivity index (χ2n) is 6.09. The first-order chi connectivity index (χ1) is 11.4. The molecule has 0 aliphatic carbocycles. The molecule has 10 heteroatoms. The van der Waals surface area contributed by atoms with Gasteiger partial charge in [-0.3, -0.25) is 9.59 Å². The lowest BCUT2D eigenvalue weighted by Crippen LogP contribution is -2.40. The van der Waals surface area contributed by atoms with Gasteiger partial charge in [0.05, 0.1) is 38.5 Å². The Balaban J connectivity index is 1.67. The molecule has 3 heterocycles. The Kier molecular flexibility index (Phi) is 4.48. The quantitative estimate of drug-likeness (QED) is 0.772. The van der Waals surface area contributed by atoms with E-state index in [0.29, 0.717) is 26.3 Å². The molecule has 2 aliphatic heterocycles. The van der Waals surface area contributed by atoms with Crippen molar-refractivity contribution in [2.24, 2.45) is 0 Å². The Morgan fingerprint density at radius 1 is 1.38 bits per heavy atom. The topological polar surface area (TPSA) is 80.6 Å². The van der Waals surface area contributed by atoms with Gasteiger partial charge in [0.25, 0.3) is 11.8 Å². The second-order valence-corrected chi connectivity index (χ2v) is 6.09. The third-order valence-corrected chi connectivity index (χ3v) is 4.24. The molecule has 1 aromatic heterocycles. The van der Waals surface area contributed by atoms with Crippen LogP contribution in [0.3, 0.4) is 0 Å². The van der Waals surface area contributed by atoms with Crippen LogP contribution in [-0.2, 0) is 16.1 Å². The number of carbonyl (C=O) groups excluding carboxylic acids is 2. The van der Waals surface area contributed by atoms with Crippen molar-refractivity contribution in [2.75, 3.05) is 32.8 Å². The van der Waals surface area contributed by atoms with E-state index in [4.69, 9.17) is 4.74 Å². The molecule has 3 rings (SSSR count). The summed E-state index contributed by atoms with van der Waals surface area (Å²) in [5, 5.41) is 7.67. The van der Waals surface area contributed by atoms with E-state index in [-0.39, 0.29) is 18.1 Å². The largest absolute Gasteiger partial charge is 0.378 e. The minimum atomic E-state index is -2.90. The van der Waals surface area contributed by atoms with Gasteiger partial charge in [-0.05, 0) is 0 Å². The predicted molar refractivity (Wildman–Crippen MR) is 77.5 cm³/mol. The van der Waals surface area contributed by atoms with Crippen molar-refractivity contribution in [3.63, 3.8) is 0 Å². The zero-order valence-corrected chi connectivity index (χ0v) is 13.3. The first-order valence-electron chi connectivity index (χ1n) is 7.78. The van der Waals surface area contributed by atoms with Gasteiger partial charge in [0.2, 0.25) is 5.91 Å². The van der Waals surface area contributed by atoms with Gasteiger partial charge in [-0.25, -0.2) is 13.5 Å². The highest BCUT2D eigenvalue weighted by Gasteiger charge is 2.46. The summed E-state index contributed by atoms with van der Waals surface area (Å²) in [5.74, 6) is -3.56. The van der Waals surface area contributed by atoms with Crippen molar-refractivity contribution in [1.29, 1.82) is 0 Å². The third-order valence-electron chi connectivity index (χ3n) is 4.24. The van der Waals surface area contributed by atoms with Crippen molar-refractivity contribution in [3.8, 4) is 0 Å². The van der Waals surface area contributed by atoms with E-state index in [1.54, 1.807) is 4.90 Å². The van der Waals surface area contributed by atoms with Gasteiger partial charge >= 0.3 is 0 Å². The van der Waals surface area contributed by atoms with Crippen LogP contribution in [0, 0.1) is 0 Å². The van der Waals surface area contributed by atoms with Crippen LogP contribution < -0.4 is 0 Å². The third kappa shape index (κ3) is 3.53. The minimum Gasteiger partial charge on any atom is -0.378 e. The average Bonchev–Trinajstić information content (AvgIpc) is 3.12. The summed E-state index contributed by atoms with van der Waals surface area (Å²) in [5.41, 5.74) is 0.163. The normalized spacial score (nSPS) is 23.5. The number of rotatable bonds is 3. The number of halogens is 2. The van der Waals surface area contributed by atoms with Crippen LogP contribution in [0.5, 0.6) is 0 Å². The van der Waals surface area contributed by atoms with Gasteiger partial charge in [-0.15, -0.1) is 5.10 Å². The Bertz CT molecular complexity index is 630. The van der Waals surface area contributed by atoms with Gasteiger partial charge in [-0.1, -0.05) is 5.21 Å². The van der Waals surface area contributed by atoms with Gasteiger partial charge in [0.1, 0.15) is 0 Å². The standard InChI is InChI=1S/C14H19F2N5O3/c1-10(22)21-9-14(15,16)6-11(21)7-20-8-12(17-18-20)13(23)19-2-4-24-5-3-19/h8,11H,2-7,9H2,1H3/t11-/m0/s1. The molecule has 0 bridgehead atoms. The summed E-state index contributed by atoms with van der Waals surface area (Å²) in [6.45, 7) is 2.69. The molecule has 0 aromatic carbocycles. The molecule has 132 valence electrons. The summed E-state index contributed by atoms with van der Waals surface area (Å²) in [7, 11) is 0. The molecule has 2 aliphatic rings. The van der Waals surface area contributed by atoms with Gasteiger partial charge < -0.3 is 14.5 Å². The van der Waals surface area contributed by atoms with Crippen LogP contribution in [-0.4, -0.2) is 81.4 Å². The summed E-state index contributed by atoms with van der Waals surface area (Å²) in [6.07, 6.45) is 1.02. The number of amides is 2. The summed E-state index contributed by atoms with van der Waals surface area (Å²) in [6, 6.07) is -0.662. The fourth-order valence-corrected chi connectivity index (χ4v) is 3.06. The van der Waals surface area contributed by atoms with Crippen LogP contribution >= 0.6 is 0 Å². The van der Waals surface area contributed by atoms with E-state index in [1.807, 2.05) is 0 Å². The number of likely N-dealkylation sites (tertiary alicyclic amines) is 1. The fraction of sp³-hybridized carbons (Fsp3) is 0.714. The molecule has 1 atom stereocenters. The molecule has 8 nitrogen and oxygen atoms in total. The maximum atomic E-state index is 13.6. The Labute approximate surface area is 137 Å². The van der Waals surface area contributed by atoms with Crippen LogP contribution in [0.2, 0.25) is 0 Å². The van der Waals surface area contributed by atoms with Crippen molar-refractivity contribution in [3.05, 3.63) is 11.9 Å². The minimum absolute atomic E-state index is 0.0819. The van der Waals surface area contributed by atoms with Crippen LogP contribution in [0.15, 0.2) is 6.20 Å². The lowest BCUT2D eigenvalue weighted by molar-refractivity contribution is -0.131. The van der Waals surface area contributed by atoms with Crippen LogP contribution in [0.25, 0.3) is 0 Å². The van der Waals surface area contributed by atoms with Crippen LogP contribution in [0.1, 0.15) is 23.8 Å². The van der Waals surface area contributed by atoms with Crippen molar-refractivity contribution < 1.29 is 23.1 Å². The number of hydrogen-bond acceptors (Lipinski definition) is 5. The molecule has 2 amide bonds. The van der Waals surface area contributed by atoms with E-state index >= 15 is 0 Å². The second kappa shape index (κ2) is 6.42. The number of morpholine rings is 1. The lowest BCUT2D eigenvalue weighted by atomic mass is 10.2. The van der Waals surface area contributed by atoms with Gasteiger partial charge in [0, 0.05) is 26.4 Å². The number of hydrogen-bond donors (Lipinski definition) is 0. The molecule has 24 heavy (non-hydrogen) atoms. The molecule has 2 fully saturated rings. The number of aromatic nitrogens is 3. The van der Waals surface area contributed by atoms with E-state index in [0.717, 1.165) is 4.90 Å². The maximum absolute atomic E-state index is 13.6. The SMILES string of the molecule is CC(=O)N1CC(F)(F)C[C@H]1Cn1cc(C(=O)N2CCOCC2)nn1. The van der Waals surface area contributed by atoms with Crippen molar-refractivity contribution >= 4 is 11.8 Å². The zero-order chi connectivity index (χ0) is 17.3. The smallest absolute Gasteiger partial charge is 0.276 e. The highest BCUT2D eigenvalue weighted by molar-refractivity contribution is 5.92. The molecule has 0 unspecified atom stereocenters. The lowest BCUT2D eigenvalue weighted by Gasteiger charge is -2.25. The highest BCUT2D eigenvalue weighted by atomic mass is 19.3. The number of ether oxygens (including phenoxy) is 1. The molecule has 1 aromatic rings. The molecule has 0 spiro atoms. The Morgan fingerprint density at radius 2 is 2.08 bits per heavy atom.